The number of benzene rings is 4. The number of aromatic nitrogens is 4. The van der Waals surface area contributed by atoms with Crippen molar-refractivity contribution in [3.63, 3.8) is 0 Å². The highest BCUT2D eigenvalue weighted by Gasteiger charge is 2.28. The largest absolute Gasteiger partial charge is 0.508 e. The third-order valence-corrected chi connectivity index (χ3v) is 13.3. The first-order valence-corrected chi connectivity index (χ1v) is 29.7. The van der Waals surface area contributed by atoms with E-state index in [-0.39, 0.29) is 60.3 Å². The number of halogens is 1. The van der Waals surface area contributed by atoms with E-state index in [1.54, 1.807) is 133 Å². The predicted molar refractivity (Wildman–Crippen MR) is 348 cm³/mol. The van der Waals surface area contributed by atoms with E-state index < -0.39 is 59.3 Å². The third-order valence-electron chi connectivity index (χ3n) is 13.3. The molecule has 0 fully saturated rings. The fourth-order valence-electron chi connectivity index (χ4n) is 8.88. The Balaban J connectivity index is 0.000000393. The predicted octanol–water partition coefficient (Wildman–Crippen LogP) is 6.53. The highest BCUT2D eigenvalue weighted by atomic mass is 35.5. The Kier molecular flexibility index (Phi) is 30.8. The molecule has 2 aromatic heterocycles. The number of phenols is 2. The summed E-state index contributed by atoms with van der Waals surface area (Å²) in [6.07, 6.45) is 3.76. The first-order chi connectivity index (χ1) is 43.5. The molecule has 0 radical (unpaired) electrons. The van der Waals surface area contributed by atoms with Gasteiger partial charge in [-0.3, -0.25) is 19.2 Å². The van der Waals surface area contributed by atoms with Crippen LogP contribution in [0.3, 0.4) is 0 Å². The number of ether oxygens (including phenoxy) is 5. The van der Waals surface area contributed by atoms with Gasteiger partial charge in [0.1, 0.15) is 40.7 Å². The van der Waals surface area contributed by atoms with Crippen molar-refractivity contribution >= 4 is 66.0 Å². The van der Waals surface area contributed by atoms with Gasteiger partial charge in [0.2, 0.25) is 11.9 Å². The summed E-state index contributed by atoms with van der Waals surface area (Å²) in [7, 11) is 2.39. The molecule has 2 heterocycles. The van der Waals surface area contributed by atoms with Gasteiger partial charge in [-0.05, 0) is 165 Å². The van der Waals surface area contributed by atoms with Gasteiger partial charge < -0.3 is 76.8 Å². The lowest BCUT2D eigenvalue weighted by molar-refractivity contribution is -0.143. The molecule has 0 unspecified atom stereocenters. The van der Waals surface area contributed by atoms with E-state index >= 15 is 0 Å². The molecule has 92 heavy (non-hydrogen) atoms. The molecule has 0 aliphatic carbocycles. The summed E-state index contributed by atoms with van der Waals surface area (Å²) in [6, 6.07) is 25.0. The minimum absolute atomic E-state index is 0. The highest BCUT2D eigenvalue weighted by molar-refractivity contribution is 6.00. The first-order valence-electron chi connectivity index (χ1n) is 29.7. The topological polar surface area (TPSA) is 368 Å². The zero-order chi connectivity index (χ0) is 66.5. The third kappa shape index (κ3) is 25.6. The van der Waals surface area contributed by atoms with Gasteiger partial charge >= 0.3 is 18.0 Å². The number of nitrogens with zero attached hydrogens (tertiary/aromatic N) is 4. The van der Waals surface area contributed by atoms with Gasteiger partial charge in [-0.2, -0.15) is 0 Å². The molecular formula is C65H85ClN12O14. The summed E-state index contributed by atoms with van der Waals surface area (Å²) < 4.78 is 26.2. The minimum atomic E-state index is -1.19. The van der Waals surface area contributed by atoms with Crippen LogP contribution >= 0.6 is 12.4 Å². The van der Waals surface area contributed by atoms with E-state index in [4.69, 9.17) is 29.4 Å². The zero-order valence-electron chi connectivity index (χ0n) is 53.4. The summed E-state index contributed by atoms with van der Waals surface area (Å²) in [6.45, 7) is 14.3. The molecule has 496 valence electrons. The molecular weight excluding hydrogens is 1210 g/mol. The van der Waals surface area contributed by atoms with Crippen LogP contribution in [0.1, 0.15) is 122 Å². The second-order valence-electron chi connectivity index (χ2n) is 21.8. The average Bonchev–Trinajstić information content (AvgIpc) is 0.991. The van der Waals surface area contributed by atoms with E-state index in [0.717, 1.165) is 36.8 Å². The van der Waals surface area contributed by atoms with Crippen LogP contribution in [0, 0.1) is 27.7 Å². The van der Waals surface area contributed by atoms with E-state index in [2.05, 4.69) is 57.2 Å². The Morgan fingerprint density at radius 1 is 0.522 bits per heavy atom. The maximum Gasteiger partial charge on any atom is 0.407 e. The molecule has 6 aromatic rings. The number of hydrogen-bond acceptors (Lipinski definition) is 21. The molecule has 5 amide bonds. The number of carbonyl (C=O) groups excluding carboxylic acids is 7. The highest BCUT2D eigenvalue weighted by Crippen LogP contribution is 2.20. The summed E-state index contributed by atoms with van der Waals surface area (Å²) >= 11 is 0. The van der Waals surface area contributed by atoms with Crippen LogP contribution < -0.4 is 52.4 Å². The molecule has 11 N–H and O–H groups in total. The lowest BCUT2D eigenvalue weighted by atomic mass is 10.1. The van der Waals surface area contributed by atoms with Crippen LogP contribution in [-0.4, -0.2) is 156 Å². The summed E-state index contributed by atoms with van der Waals surface area (Å²) in [5.41, 5.74) is 9.65. The molecule has 0 saturated carbocycles. The number of amides is 5. The van der Waals surface area contributed by atoms with E-state index in [9.17, 15) is 43.8 Å². The first kappa shape index (κ1) is 74.6. The Labute approximate surface area is 541 Å². The molecule has 2 atom stereocenters. The second kappa shape index (κ2) is 38.0. The number of alkyl carbamates (subject to hydrolysis) is 1. The maximum atomic E-state index is 13.3. The number of aryl methyl sites for hydroxylation is 6. The van der Waals surface area contributed by atoms with Gasteiger partial charge in [0.25, 0.3) is 23.6 Å². The molecule has 0 aliphatic rings. The lowest BCUT2D eigenvalue weighted by Crippen LogP contribution is -2.49. The van der Waals surface area contributed by atoms with Crippen molar-refractivity contribution in [2.24, 2.45) is 5.73 Å². The number of phenolic OH excluding ortho intramolecular Hbond substituents is 2. The number of hydrogen-bond donors (Lipinski definition) is 10. The van der Waals surface area contributed by atoms with E-state index in [0.29, 0.717) is 97.4 Å². The van der Waals surface area contributed by atoms with Crippen LogP contribution in [0.4, 0.5) is 16.7 Å². The lowest BCUT2D eigenvalue weighted by Gasteiger charge is -2.19. The fourth-order valence-corrected chi connectivity index (χ4v) is 8.88. The van der Waals surface area contributed by atoms with Crippen LogP contribution in [0.2, 0.25) is 0 Å². The number of rotatable bonds is 31. The summed E-state index contributed by atoms with van der Waals surface area (Å²) in [4.78, 5) is 107. The Morgan fingerprint density at radius 3 is 1.30 bits per heavy atom. The van der Waals surface area contributed by atoms with E-state index in [1.165, 1.54) is 14.2 Å². The fraction of sp³-hybridized carbons (Fsp3) is 0.400. The van der Waals surface area contributed by atoms with Crippen LogP contribution in [0.15, 0.2) is 97.1 Å². The molecule has 27 heteroatoms. The normalized spacial score (nSPS) is 11.3. The monoisotopic (exact) mass is 1290 g/mol. The Bertz CT molecular complexity index is 3390. The minimum Gasteiger partial charge on any atom is -0.508 e. The summed E-state index contributed by atoms with van der Waals surface area (Å²) in [5, 5.41) is 38.8. The quantitative estimate of drug-likeness (QED) is 0.0125. The van der Waals surface area contributed by atoms with Crippen LogP contribution in [-0.2, 0) is 36.6 Å². The molecule has 0 aliphatic heterocycles. The maximum absolute atomic E-state index is 13.3. The van der Waals surface area contributed by atoms with Gasteiger partial charge in [0.15, 0.2) is 0 Å². The zero-order valence-corrected chi connectivity index (χ0v) is 54.2. The van der Waals surface area contributed by atoms with Gasteiger partial charge in [0, 0.05) is 43.9 Å². The van der Waals surface area contributed by atoms with Crippen molar-refractivity contribution in [3.8, 4) is 23.0 Å². The second-order valence-corrected chi connectivity index (χ2v) is 21.8. The Hall–Kier alpha value is -9.82. The van der Waals surface area contributed by atoms with Crippen molar-refractivity contribution < 1.29 is 67.5 Å². The van der Waals surface area contributed by atoms with Crippen LogP contribution in [0.5, 0.6) is 23.0 Å². The smallest absolute Gasteiger partial charge is 0.407 e. The van der Waals surface area contributed by atoms with Crippen molar-refractivity contribution in [1.29, 1.82) is 0 Å². The standard InChI is InChI=1S/C35H46N6O8.C30H38N6O6.ClH/c1-22-29(23(2)40-33(39-22)36-16-9-12-24-11-7-14-26(42)19-24)31(44)41-28(32(45)47-6)21-38-30(43)25-13-8-15-27(20-25)48-18-10-17-37-34(46)49-35(3,4)5;1-19-26(20(2)35-30(34-19)32-14-6-9-21-8-4-11-23(37)16-21)28(39)36-25(29(40)41-3)18-33-27(38)22-10-5-12-24(17-22)42-15-7-13-31;/h7-8,11,13-15,19-20,28,42H,9-10,12,16-18,21H2,1-6H3,(H,37,46)(H,38,43)(H,41,44)(H,36,39,40);4-5,8,10-12,16-17,25,37H,6-7,9,13-15,18,31H2,1-3H3,(H,33,38)(H,36,39)(H,32,34,35);1H/t28-;25-;/m00./s1. The summed E-state index contributed by atoms with van der Waals surface area (Å²) in [5.74, 6) is -1.39. The number of esters is 2. The van der Waals surface area contributed by atoms with Gasteiger partial charge in [-0.15, -0.1) is 12.4 Å². The van der Waals surface area contributed by atoms with Crippen molar-refractivity contribution in [3.05, 3.63) is 153 Å². The molecule has 4 aromatic carbocycles. The number of nitrogens with two attached hydrogens (primary N) is 1. The van der Waals surface area contributed by atoms with Gasteiger partial charge in [-0.25, -0.2) is 34.3 Å². The van der Waals surface area contributed by atoms with Crippen molar-refractivity contribution in [2.45, 2.75) is 105 Å². The van der Waals surface area contributed by atoms with Crippen LogP contribution in [0.25, 0.3) is 0 Å². The molecule has 0 saturated heterocycles. The SMILES string of the molecule is COC(=O)[C@H](CNC(=O)c1cccc(OCCCN)c1)NC(=O)c1c(C)nc(NCCCc2cccc(O)c2)nc1C.COC(=O)[C@H](CNC(=O)c1cccc(OCCCNC(=O)OC(C)(C)C)c1)NC(=O)c1c(C)nc(NCCCc2cccc(O)c2)nc1C.Cl. The number of methoxy groups -OCH3 is 2. The average molecular weight is 1290 g/mol. The number of aromatic hydroxyl groups is 2. The number of anilines is 2. The number of nitrogens with one attached hydrogen (secondary N) is 7. The Morgan fingerprint density at radius 2 is 0.924 bits per heavy atom. The molecule has 0 bridgehead atoms. The molecule has 26 nitrogen and oxygen atoms in total. The van der Waals surface area contributed by atoms with Crippen molar-refractivity contribution in [2.75, 3.05) is 77.3 Å². The van der Waals surface area contributed by atoms with Gasteiger partial charge in [-0.1, -0.05) is 36.4 Å². The van der Waals surface area contributed by atoms with Gasteiger partial charge in [0.05, 0.1) is 61.3 Å². The number of carbonyl (C=O) groups is 7. The van der Waals surface area contributed by atoms with E-state index in [1.807, 2.05) is 12.1 Å². The molecule has 6 rings (SSSR count). The molecule has 0 spiro atoms. The van der Waals surface area contributed by atoms with Crippen molar-refractivity contribution in [1.82, 2.24) is 46.5 Å².